The maximum Gasteiger partial charge on any atom is 0.329 e. The van der Waals surface area contributed by atoms with Crippen LogP contribution >= 0.6 is 0 Å². The minimum absolute atomic E-state index is 0.0110. The number of morpholine rings is 1. The monoisotopic (exact) mass is 733 g/mol. The number of para-hydroxylation sites is 1. The van der Waals surface area contributed by atoms with Crippen LogP contribution < -0.4 is 10.2 Å². The number of urea groups is 1. The van der Waals surface area contributed by atoms with E-state index in [1.165, 1.54) is 18.2 Å². The first-order valence-corrected chi connectivity index (χ1v) is 18.2. The van der Waals surface area contributed by atoms with Crippen LogP contribution in [0.15, 0.2) is 152 Å². The number of benzene rings is 5. The molecule has 2 saturated heterocycles. The Morgan fingerprint density at radius 2 is 1.42 bits per heavy atom. The minimum atomic E-state index is -1.90. The normalized spacial score (nSPS) is 24.7. The summed E-state index contributed by atoms with van der Waals surface area (Å²) in [5, 5.41) is 13.5. The Morgan fingerprint density at radius 3 is 2.07 bits per heavy atom. The highest BCUT2D eigenvalue weighted by atomic mass is 16.6. The van der Waals surface area contributed by atoms with E-state index < -0.39 is 65.5 Å². The lowest BCUT2D eigenvalue weighted by Crippen LogP contribution is -2.54. The molecule has 5 aromatic carbocycles. The fraction of sp³-hybridized carbons (Fsp3) is 0.200. The molecule has 10 nitrogen and oxygen atoms in total. The van der Waals surface area contributed by atoms with Gasteiger partial charge in [0.2, 0.25) is 5.91 Å². The highest BCUT2D eigenvalue weighted by molar-refractivity contribution is 6.24. The van der Waals surface area contributed by atoms with Gasteiger partial charge >= 0.3 is 18.0 Å². The molecule has 3 amide bonds. The molecule has 8 rings (SSSR count). The molecule has 55 heavy (non-hydrogen) atoms. The summed E-state index contributed by atoms with van der Waals surface area (Å²) in [6, 6.07) is 37.2. The van der Waals surface area contributed by atoms with E-state index in [2.05, 4.69) is 11.9 Å². The van der Waals surface area contributed by atoms with Gasteiger partial charge in [-0.25, -0.2) is 9.69 Å². The summed E-state index contributed by atoms with van der Waals surface area (Å²) >= 11 is 0. The average molecular weight is 734 g/mol. The Hall–Kier alpha value is -6.52. The van der Waals surface area contributed by atoms with Crippen LogP contribution in [0.3, 0.4) is 0 Å². The van der Waals surface area contributed by atoms with Crippen molar-refractivity contribution in [3.8, 4) is 5.75 Å². The lowest BCUT2D eigenvalue weighted by Gasteiger charge is -2.46. The van der Waals surface area contributed by atoms with Crippen LogP contribution in [-0.4, -0.2) is 46.5 Å². The van der Waals surface area contributed by atoms with Crippen molar-refractivity contribution < 1.29 is 33.8 Å². The molecule has 0 radical (unpaired) electrons. The van der Waals surface area contributed by atoms with Gasteiger partial charge in [0.1, 0.15) is 35.8 Å². The highest BCUT2D eigenvalue weighted by Crippen LogP contribution is 2.66. The van der Waals surface area contributed by atoms with Crippen LogP contribution in [0.2, 0.25) is 0 Å². The van der Waals surface area contributed by atoms with Gasteiger partial charge in [0.25, 0.3) is 0 Å². The summed E-state index contributed by atoms with van der Waals surface area (Å²) in [4.78, 5) is 62.9. The van der Waals surface area contributed by atoms with Crippen molar-refractivity contribution in [2.75, 3.05) is 11.5 Å². The zero-order valence-electron chi connectivity index (χ0n) is 30.0. The van der Waals surface area contributed by atoms with Crippen molar-refractivity contribution >= 4 is 29.6 Å². The number of rotatable bonds is 8. The molecule has 1 spiro atoms. The van der Waals surface area contributed by atoms with E-state index in [-0.39, 0.29) is 18.0 Å². The molecule has 3 aliphatic rings. The van der Waals surface area contributed by atoms with E-state index in [4.69, 9.17) is 9.47 Å². The molecule has 0 bridgehead atoms. The number of esters is 2. The van der Waals surface area contributed by atoms with Crippen molar-refractivity contribution in [2.24, 2.45) is 5.92 Å². The van der Waals surface area contributed by atoms with Crippen molar-refractivity contribution in [1.29, 1.82) is 0 Å². The SMILES string of the molecule is C=CCOC(=O)[C@@H]1[C@H]2C(=O)O[C@H](c3ccccc3)[C@H](c3ccccc3)N2[C@H](c2ccc(O)cc2)[C@@]12C(=O)N(C(=O)N[C@H](C)c1ccccc1)c1ccccc12. The lowest BCUT2D eigenvalue weighted by molar-refractivity contribution is -0.180. The summed E-state index contributed by atoms with van der Waals surface area (Å²) in [5.41, 5.74) is 1.61. The molecule has 0 aliphatic carbocycles. The average Bonchev–Trinajstić information content (AvgIpc) is 3.67. The topological polar surface area (TPSA) is 125 Å². The van der Waals surface area contributed by atoms with Gasteiger partial charge in [-0.15, -0.1) is 0 Å². The third-order valence-electron chi connectivity index (χ3n) is 11.0. The number of aromatic hydroxyl groups is 1. The Morgan fingerprint density at radius 1 is 0.818 bits per heavy atom. The second-order valence-corrected chi connectivity index (χ2v) is 14.0. The minimum Gasteiger partial charge on any atom is -0.508 e. The number of amides is 3. The number of phenolic OH excluding ortho intramolecular Hbond substituents is 1. The van der Waals surface area contributed by atoms with E-state index in [1.54, 1.807) is 36.4 Å². The largest absolute Gasteiger partial charge is 0.508 e. The van der Waals surface area contributed by atoms with Crippen LogP contribution in [0.5, 0.6) is 5.75 Å². The quantitative estimate of drug-likeness (QED) is 0.126. The van der Waals surface area contributed by atoms with Gasteiger partial charge in [-0.05, 0) is 52.9 Å². The van der Waals surface area contributed by atoms with Gasteiger partial charge < -0.3 is 19.9 Å². The summed E-state index contributed by atoms with van der Waals surface area (Å²) in [7, 11) is 0. The zero-order valence-corrected chi connectivity index (χ0v) is 30.0. The van der Waals surface area contributed by atoms with Crippen molar-refractivity contribution in [1.82, 2.24) is 10.2 Å². The number of nitrogens with zero attached hydrogens (tertiary/aromatic N) is 2. The van der Waals surface area contributed by atoms with Gasteiger partial charge in [0, 0.05) is 0 Å². The molecule has 0 unspecified atom stereocenters. The van der Waals surface area contributed by atoms with E-state index in [0.717, 1.165) is 16.0 Å². The fourth-order valence-corrected chi connectivity index (χ4v) is 8.79. The van der Waals surface area contributed by atoms with Crippen LogP contribution in [0.1, 0.15) is 59.0 Å². The summed E-state index contributed by atoms with van der Waals surface area (Å²) in [6.07, 6.45) is 0.561. The molecule has 2 fully saturated rings. The number of nitrogens with one attached hydrogen (secondary N) is 1. The van der Waals surface area contributed by atoms with Crippen molar-refractivity contribution in [3.05, 3.63) is 180 Å². The number of hydrogen-bond acceptors (Lipinski definition) is 8. The zero-order chi connectivity index (χ0) is 38.3. The van der Waals surface area contributed by atoms with Gasteiger partial charge in [-0.2, -0.15) is 0 Å². The number of imide groups is 1. The Balaban J connectivity index is 1.39. The van der Waals surface area contributed by atoms with Gasteiger partial charge in [0.15, 0.2) is 0 Å². The first kappa shape index (κ1) is 35.5. The second kappa shape index (κ2) is 14.4. The van der Waals surface area contributed by atoms with Gasteiger partial charge in [-0.3, -0.25) is 19.3 Å². The van der Waals surface area contributed by atoms with Gasteiger partial charge in [-0.1, -0.05) is 134 Å². The third-order valence-corrected chi connectivity index (χ3v) is 11.0. The molecule has 276 valence electrons. The maximum atomic E-state index is 15.8. The van der Waals surface area contributed by atoms with Gasteiger partial charge in [0.05, 0.1) is 23.8 Å². The highest BCUT2D eigenvalue weighted by Gasteiger charge is 2.76. The summed E-state index contributed by atoms with van der Waals surface area (Å²) < 4.78 is 12.2. The van der Waals surface area contributed by atoms with E-state index in [1.807, 2.05) is 103 Å². The van der Waals surface area contributed by atoms with Crippen LogP contribution in [0.4, 0.5) is 10.5 Å². The standard InChI is InChI=1S/C45H39N3O7/c1-3-27-54-41(50)36-38-42(51)55-39(31-19-11-6-12-20-31)37(30-17-9-5-10-18-30)48(38)40(32-23-25-33(49)26-24-32)45(36)34-21-13-14-22-35(34)47(43(45)52)44(53)46-28(2)29-15-7-4-8-16-29/h3-26,28,36-40,49H,1,27H2,2H3,(H,46,53)/t28-,36+,37+,38+,39-,40-,45+/m1/s1. The number of phenols is 1. The summed E-state index contributed by atoms with van der Waals surface area (Å²) in [5.74, 6) is -3.73. The van der Waals surface area contributed by atoms with E-state index in [0.29, 0.717) is 16.7 Å². The molecular formula is C45H39N3O7. The number of anilines is 1. The summed E-state index contributed by atoms with van der Waals surface area (Å²) in [6.45, 7) is 5.36. The van der Waals surface area contributed by atoms with Crippen LogP contribution in [0.25, 0.3) is 0 Å². The number of fused-ring (bicyclic) bond motifs is 3. The smallest absolute Gasteiger partial charge is 0.329 e. The third kappa shape index (κ3) is 5.77. The molecule has 3 aliphatic heterocycles. The molecule has 2 N–H and O–H groups in total. The molecule has 0 aromatic heterocycles. The fourth-order valence-electron chi connectivity index (χ4n) is 8.79. The van der Waals surface area contributed by atoms with Crippen molar-refractivity contribution in [2.45, 2.75) is 42.6 Å². The number of hydrogen-bond donors (Lipinski definition) is 2. The van der Waals surface area contributed by atoms with Crippen LogP contribution in [0, 0.1) is 5.92 Å². The first-order chi connectivity index (χ1) is 26.8. The number of ether oxygens (including phenoxy) is 2. The molecule has 10 heteroatoms. The van der Waals surface area contributed by atoms with E-state index in [9.17, 15) is 19.5 Å². The Bertz CT molecular complexity index is 2250. The molecular weight excluding hydrogens is 695 g/mol. The molecule has 0 saturated carbocycles. The van der Waals surface area contributed by atoms with Crippen LogP contribution in [-0.2, 0) is 29.3 Å². The maximum absolute atomic E-state index is 15.8. The lowest BCUT2D eigenvalue weighted by atomic mass is 9.65. The molecule has 5 aromatic rings. The Kier molecular flexibility index (Phi) is 9.28. The first-order valence-electron chi connectivity index (χ1n) is 18.2. The molecule has 7 atom stereocenters. The predicted molar refractivity (Wildman–Crippen MR) is 205 cm³/mol. The predicted octanol–water partition coefficient (Wildman–Crippen LogP) is 7.26. The molecule has 3 heterocycles. The second-order valence-electron chi connectivity index (χ2n) is 14.0. The number of carbonyl (C=O) groups is 4. The number of carbonyl (C=O) groups excluding carboxylic acids is 4. The number of cyclic esters (lactones) is 1. The van der Waals surface area contributed by atoms with Crippen molar-refractivity contribution in [3.63, 3.8) is 0 Å². The van der Waals surface area contributed by atoms with E-state index >= 15 is 4.79 Å². The Labute approximate surface area is 318 Å².